The summed E-state index contributed by atoms with van der Waals surface area (Å²) >= 11 is 0. The highest BCUT2D eigenvalue weighted by atomic mass is 16.6. The molecule has 0 radical (unpaired) electrons. The van der Waals surface area contributed by atoms with Gasteiger partial charge < -0.3 is 19.9 Å². The van der Waals surface area contributed by atoms with E-state index in [1.54, 1.807) is 34.6 Å². The maximum atomic E-state index is 12.7. The zero-order chi connectivity index (χ0) is 20.6. The average molecular weight is 379 g/mol. The van der Waals surface area contributed by atoms with Gasteiger partial charge in [-0.3, -0.25) is 4.79 Å². The Labute approximate surface area is 160 Å². The molecule has 0 aromatic heterocycles. The Morgan fingerprint density at radius 2 is 1.70 bits per heavy atom. The summed E-state index contributed by atoms with van der Waals surface area (Å²) in [5.41, 5.74) is 0.0867. The van der Waals surface area contributed by atoms with Gasteiger partial charge in [-0.2, -0.15) is 0 Å². The first kappa shape index (κ1) is 22.6. The molecule has 7 nitrogen and oxygen atoms in total. The molecule has 0 spiro atoms. The Morgan fingerprint density at radius 1 is 1.11 bits per heavy atom. The summed E-state index contributed by atoms with van der Waals surface area (Å²) in [7, 11) is 0. The van der Waals surface area contributed by atoms with Crippen LogP contribution >= 0.6 is 0 Å². The van der Waals surface area contributed by atoms with Gasteiger partial charge in [0.25, 0.3) is 0 Å². The van der Waals surface area contributed by atoms with Crippen molar-refractivity contribution in [1.82, 2.24) is 5.32 Å². The number of carbonyl (C=O) groups is 3. The van der Waals surface area contributed by atoms with E-state index in [9.17, 15) is 14.4 Å². The number of aliphatic hydroxyl groups is 1. The van der Waals surface area contributed by atoms with E-state index in [1.165, 1.54) is 0 Å². The Bertz CT molecular complexity index is 636. The molecule has 1 unspecified atom stereocenters. The molecule has 0 saturated carbocycles. The van der Waals surface area contributed by atoms with E-state index in [4.69, 9.17) is 14.6 Å². The molecule has 7 heteroatoms. The number of rotatable bonds is 8. The molecule has 0 heterocycles. The fourth-order valence-electron chi connectivity index (χ4n) is 2.36. The summed E-state index contributed by atoms with van der Waals surface area (Å²) in [4.78, 5) is 36.6. The Morgan fingerprint density at radius 3 is 2.19 bits per heavy atom. The second-order valence-electron chi connectivity index (χ2n) is 7.61. The topological polar surface area (TPSA) is 102 Å². The second kappa shape index (κ2) is 10.1. The Balaban J connectivity index is 2.95. The zero-order valence-corrected chi connectivity index (χ0v) is 16.5. The summed E-state index contributed by atoms with van der Waals surface area (Å²) in [6.07, 6.45) is -1.66. The zero-order valence-electron chi connectivity index (χ0n) is 16.5. The highest BCUT2D eigenvalue weighted by Gasteiger charge is 2.31. The number of alkyl carbamates (subject to hydrolysis) is 1. The van der Waals surface area contributed by atoms with Crippen molar-refractivity contribution < 1.29 is 29.0 Å². The van der Waals surface area contributed by atoms with Gasteiger partial charge in [0.2, 0.25) is 0 Å². The lowest BCUT2D eigenvalue weighted by atomic mass is 10.0. The molecule has 0 aliphatic rings. The molecule has 1 aromatic carbocycles. The third-order valence-electron chi connectivity index (χ3n) is 3.58. The van der Waals surface area contributed by atoms with Gasteiger partial charge in [0.15, 0.2) is 11.9 Å². The van der Waals surface area contributed by atoms with Crippen LogP contribution in [0.4, 0.5) is 4.79 Å². The van der Waals surface area contributed by atoms with Crippen LogP contribution in [0.3, 0.4) is 0 Å². The van der Waals surface area contributed by atoms with Gasteiger partial charge in [-0.15, -0.1) is 0 Å². The van der Waals surface area contributed by atoms with E-state index in [0.717, 1.165) is 5.56 Å². The number of hydrogen-bond acceptors (Lipinski definition) is 6. The normalized spacial score (nSPS) is 13.6. The smallest absolute Gasteiger partial charge is 0.408 e. The lowest BCUT2D eigenvalue weighted by Crippen LogP contribution is -2.47. The minimum absolute atomic E-state index is 0.178. The number of benzene rings is 1. The molecule has 150 valence electrons. The van der Waals surface area contributed by atoms with E-state index in [0.29, 0.717) is 0 Å². The molecular weight excluding hydrogens is 350 g/mol. The van der Waals surface area contributed by atoms with Crippen LogP contribution in [0, 0.1) is 5.92 Å². The van der Waals surface area contributed by atoms with E-state index in [2.05, 4.69) is 5.32 Å². The number of amides is 1. The maximum absolute atomic E-state index is 12.7. The number of hydrogen-bond donors (Lipinski definition) is 2. The Kier molecular flexibility index (Phi) is 8.43. The van der Waals surface area contributed by atoms with Crippen molar-refractivity contribution in [2.75, 3.05) is 6.61 Å². The third-order valence-corrected chi connectivity index (χ3v) is 3.58. The largest absolute Gasteiger partial charge is 0.452 e. The van der Waals surface area contributed by atoms with Crippen LogP contribution in [0.25, 0.3) is 0 Å². The summed E-state index contributed by atoms with van der Waals surface area (Å²) in [6, 6.07) is 8.07. The molecule has 0 aliphatic carbocycles. The summed E-state index contributed by atoms with van der Waals surface area (Å²) in [6.45, 7) is 7.83. The quantitative estimate of drug-likeness (QED) is 0.672. The van der Waals surface area contributed by atoms with Crippen LogP contribution in [-0.4, -0.2) is 47.3 Å². The van der Waals surface area contributed by atoms with Gasteiger partial charge in [0.1, 0.15) is 18.2 Å². The van der Waals surface area contributed by atoms with Crippen LogP contribution in [-0.2, 0) is 25.5 Å². The Hall–Kier alpha value is -2.41. The standard InChI is InChI=1S/C20H29NO6/c1-13(2)17(16(23)12-22)26-18(24)15(11-14-9-7-6-8-10-14)21-19(25)27-20(3,4)5/h6-10,13,15,17,22H,11-12H2,1-5H3,(H,21,25)/t15-,17?/m0/s1. The van der Waals surface area contributed by atoms with Crippen molar-refractivity contribution in [2.45, 2.75) is 58.8 Å². The van der Waals surface area contributed by atoms with Crippen LogP contribution in [0.2, 0.25) is 0 Å². The van der Waals surface area contributed by atoms with Gasteiger partial charge in [-0.25, -0.2) is 9.59 Å². The molecule has 1 aromatic rings. The van der Waals surface area contributed by atoms with Crippen molar-refractivity contribution in [3.63, 3.8) is 0 Å². The van der Waals surface area contributed by atoms with Gasteiger partial charge in [0, 0.05) is 6.42 Å². The predicted molar refractivity (Wildman–Crippen MR) is 100 cm³/mol. The molecule has 1 rings (SSSR count). The number of nitrogens with one attached hydrogen (secondary N) is 1. The van der Waals surface area contributed by atoms with E-state index in [1.807, 2.05) is 30.3 Å². The van der Waals surface area contributed by atoms with E-state index in [-0.39, 0.29) is 12.3 Å². The van der Waals surface area contributed by atoms with Crippen molar-refractivity contribution >= 4 is 17.8 Å². The van der Waals surface area contributed by atoms with Crippen molar-refractivity contribution in [3.05, 3.63) is 35.9 Å². The molecule has 1 amide bonds. The first-order valence-corrected chi connectivity index (χ1v) is 8.91. The number of ketones is 1. The SMILES string of the molecule is CC(C)C(OC(=O)[C@H](Cc1ccccc1)NC(=O)OC(C)(C)C)C(=O)CO. The average Bonchev–Trinajstić information content (AvgIpc) is 2.57. The number of ether oxygens (including phenoxy) is 2. The molecule has 0 aliphatic heterocycles. The summed E-state index contributed by atoms with van der Waals surface area (Å²) in [5, 5.41) is 11.6. The fraction of sp³-hybridized carbons (Fsp3) is 0.550. The maximum Gasteiger partial charge on any atom is 0.408 e. The molecule has 27 heavy (non-hydrogen) atoms. The molecular formula is C20H29NO6. The monoisotopic (exact) mass is 379 g/mol. The van der Waals surface area contributed by atoms with Gasteiger partial charge >= 0.3 is 12.1 Å². The number of esters is 1. The first-order valence-electron chi connectivity index (χ1n) is 8.91. The predicted octanol–water partition coefficient (Wildman–Crippen LogP) is 2.25. The second-order valence-corrected chi connectivity index (χ2v) is 7.61. The molecule has 0 bridgehead atoms. The van der Waals surface area contributed by atoms with Gasteiger partial charge in [0.05, 0.1) is 0 Å². The summed E-state index contributed by atoms with van der Waals surface area (Å²) in [5.74, 6) is -1.66. The van der Waals surface area contributed by atoms with Crippen LogP contribution < -0.4 is 5.32 Å². The van der Waals surface area contributed by atoms with Crippen molar-refractivity contribution in [1.29, 1.82) is 0 Å². The van der Waals surface area contributed by atoms with Gasteiger partial charge in [-0.05, 0) is 32.3 Å². The number of aliphatic hydroxyl groups excluding tert-OH is 1. The molecule has 2 N–H and O–H groups in total. The highest BCUT2D eigenvalue weighted by Crippen LogP contribution is 2.13. The number of carbonyl (C=O) groups excluding carboxylic acids is 3. The van der Waals surface area contributed by atoms with Crippen LogP contribution in [0.15, 0.2) is 30.3 Å². The van der Waals surface area contributed by atoms with Crippen molar-refractivity contribution in [2.24, 2.45) is 5.92 Å². The lowest BCUT2D eigenvalue weighted by molar-refractivity contribution is -0.160. The lowest BCUT2D eigenvalue weighted by Gasteiger charge is -2.25. The number of Topliss-reactive ketones (excluding diaryl/α,β-unsaturated/α-hetero) is 1. The first-order chi connectivity index (χ1) is 12.5. The van der Waals surface area contributed by atoms with Crippen LogP contribution in [0.5, 0.6) is 0 Å². The van der Waals surface area contributed by atoms with E-state index < -0.39 is 42.2 Å². The summed E-state index contributed by atoms with van der Waals surface area (Å²) < 4.78 is 10.5. The van der Waals surface area contributed by atoms with Gasteiger partial charge in [-0.1, -0.05) is 44.2 Å². The molecule has 2 atom stereocenters. The fourth-order valence-corrected chi connectivity index (χ4v) is 2.36. The molecule has 0 fully saturated rings. The minimum atomic E-state index is -1.08. The van der Waals surface area contributed by atoms with E-state index >= 15 is 0 Å². The molecule has 0 saturated heterocycles. The third kappa shape index (κ3) is 8.21. The van der Waals surface area contributed by atoms with Crippen molar-refractivity contribution in [3.8, 4) is 0 Å². The minimum Gasteiger partial charge on any atom is -0.452 e. The van der Waals surface area contributed by atoms with Crippen LogP contribution in [0.1, 0.15) is 40.2 Å². The highest BCUT2D eigenvalue weighted by molar-refractivity contribution is 5.88.